The van der Waals surface area contributed by atoms with E-state index in [4.69, 9.17) is 4.74 Å². The average molecular weight is 341 g/mol. The zero-order valence-corrected chi connectivity index (χ0v) is 13.9. The van der Waals surface area contributed by atoms with Crippen LogP contribution < -0.4 is 5.32 Å². The van der Waals surface area contributed by atoms with Gasteiger partial charge in [0.15, 0.2) is 5.82 Å². The number of aromatic nitrogens is 3. The Labute approximate surface area is 145 Å². The monoisotopic (exact) mass is 341 g/mol. The van der Waals surface area contributed by atoms with Crippen molar-refractivity contribution in [3.63, 3.8) is 0 Å². The highest BCUT2D eigenvalue weighted by Crippen LogP contribution is 2.28. The first kappa shape index (κ1) is 16.0. The van der Waals surface area contributed by atoms with Gasteiger partial charge in [0, 0.05) is 38.6 Å². The Morgan fingerprint density at radius 2 is 2.00 bits per heavy atom. The molecule has 1 aliphatic heterocycles. The van der Waals surface area contributed by atoms with E-state index in [1.54, 1.807) is 12.3 Å². The molecule has 0 unspecified atom stereocenters. The van der Waals surface area contributed by atoms with Gasteiger partial charge in [0.05, 0.1) is 13.2 Å². The Hall–Kier alpha value is -2.51. The molecule has 0 bridgehead atoms. The molecule has 1 fully saturated rings. The standard InChI is InChI=1S/C18H20FN5O/c19-14-4-3-6-20-16(14)17-18(24-8-2-1-5-15(24)22-17)21-7-9-23-10-12-25-13-11-23/h1-6,8,21H,7,9-13H2. The van der Waals surface area contributed by atoms with Crippen molar-refractivity contribution in [3.05, 3.63) is 48.5 Å². The fraction of sp³-hybridized carbons (Fsp3) is 0.333. The molecule has 0 radical (unpaired) electrons. The molecule has 7 heteroatoms. The fourth-order valence-corrected chi connectivity index (χ4v) is 3.05. The van der Waals surface area contributed by atoms with Crippen molar-refractivity contribution in [2.24, 2.45) is 0 Å². The van der Waals surface area contributed by atoms with E-state index in [-0.39, 0.29) is 11.5 Å². The van der Waals surface area contributed by atoms with Gasteiger partial charge in [-0.25, -0.2) is 9.37 Å². The second-order valence-corrected chi connectivity index (χ2v) is 5.95. The van der Waals surface area contributed by atoms with Gasteiger partial charge in [-0.15, -0.1) is 0 Å². The van der Waals surface area contributed by atoms with Crippen LogP contribution in [0.2, 0.25) is 0 Å². The van der Waals surface area contributed by atoms with Crippen molar-refractivity contribution in [1.82, 2.24) is 19.3 Å². The molecule has 25 heavy (non-hydrogen) atoms. The second-order valence-electron chi connectivity index (χ2n) is 5.95. The Balaban J connectivity index is 1.62. The summed E-state index contributed by atoms with van der Waals surface area (Å²) in [6, 6.07) is 8.74. The number of hydrogen-bond donors (Lipinski definition) is 1. The number of anilines is 1. The first-order valence-electron chi connectivity index (χ1n) is 8.45. The van der Waals surface area contributed by atoms with E-state index in [2.05, 4.69) is 20.2 Å². The van der Waals surface area contributed by atoms with Gasteiger partial charge in [-0.1, -0.05) is 6.07 Å². The number of imidazole rings is 1. The quantitative estimate of drug-likeness (QED) is 0.772. The SMILES string of the molecule is Fc1cccnc1-c1nc2ccccn2c1NCCN1CCOCC1. The molecule has 130 valence electrons. The number of halogens is 1. The summed E-state index contributed by atoms with van der Waals surface area (Å²) >= 11 is 0. The first-order valence-corrected chi connectivity index (χ1v) is 8.45. The van der Waals surface area contributed by atoms with Crippen molar-refractivity contribution in [1.29, 1.82) is 0 Å². The topological polar surface area (TPSA) is 54.7 Å². The van der Waals surface area contributed by atoms with Crippen LogP contribution in [-0.4, -0.2) is 58.7 Å². The van der Waals surface area contributed by atoms with Gasteiger partial charge in [0.25, 0.3) is 0 Å². The zero-order valence-electron chi connectivity index (χ0n) is 13.9. The molecular weight excluding hydrogens is 321 g/mol. The lowest BCUT2D eigenvalue weighted by Crippen LogP contribution is -2.39. The second kappa shape index (κ2) is 7.16. The molecule has 4 rings (SSSR count). The number of hydrogen-bond acceptors (Lipinski definition) is 5. The highest BCUT2D eigenvalue weighted by atomic mass is 19.1. The van der Waals surface area contributed by atoms with Crippen LogP contribution in [-0.2, 0) is 4.74 Å². The summed E-state index contributed by atoms with van der Waals surface area (Å²) in [6.45, 7) is 5.07. The van der Waals surface area contributed by atoms with Crippen LogP contribution in [0.4, 0.5) is 10.2 Å². The summed E-state index contributed by atoms with van der Waals surface area (Å²) in [5.41, 5.74) is 1.56. The van der Waals surface area contributed by atoms with Gasteiger partial charge in [0.1, 0.15) is 22.9 Å². The Kier molecular flexibility index (Phi) is 4.58. The smallest absolute Gasteiger partial charge is 0.151 e. The van der Waals surface area contributed by atoms with Crippen molar-refractivity contribution in [2.45, 2.75) is 0 Å². The number of nitrogens with zero attached hydrogens (tertiary/aromatic N) is 4. The van der Waals surface area contributed by atoms with Crippen molar-refractivity contribution >= 4 is 11.5 Å². The molecule has 0 aromatic carbocycles. The van der Waals surface area contributed by atoms with Crippen LogP contribution in [0.3, 0.4) is 0 Å². The molecule has 3 aromatic rings. The maximum Gasteiger partial charge on any atom is 0.151 e. The maximum absolute atomic E-state index is 14.2. The van der Waals surface area contributed by atoms with Crippen LogP contribution in [0, 0.1) is 5.82 Å². The number of fused-ring (bicyclic) bond motifs is 1. The highest BCUT2D eigenvalue weighted by molar-refractivity contribution is 5.74. The number of morpholine rings is 1. The Morgan fingerprint density at radius 1 is 1.12 bits per heavy atom. The molecule has 3 aromatic heterocycles. The Morgan fingerprint density at radius 3 is 2.84 bits per heavy atom. The van der Waals surface area contributed by atoms with Gasteiger partial charge >= 0.3 is 0 Å². The summed E-state index contributed by atoms with van der Waals surface area (Å²) in [6.07, 6.45) is 3.50. The molecule has 0 amide bonds. The van der Waals surface area contributed by atoms with Gasteiger partial charge in [-0.05, 0) is 24.3 Å². The van der Waals surface area contributed by atoms with Gasteiger partial charge < -0.3 is 10.1 Å². The molecule has 0 atom stereocenters. The van der Waals surface area contributed by atoms with E-state index < -0.39 is 0 Å². The molecule has 6 nitrogen and oxygen atoms in total. The zero-order chi connectivity index (χ0) is 17.1. The van der Waals surface area contributed by atoms with E-state index in [1.807, 2.05) is 28.8 Å². The number of rotatable bonds is 5. The molecule has 0 saturated carbocycles. The minimum Gasteiger partial charge on any atom is -0.379 e. The highest BCUT2D eigenvalue weighted by Gasteiger charge is 2.18. The lowest BCUT2D eigenvalue weighted by Gasteiger charge is -2.26. The van der Waals surface area contributed by atoms with Crippen LogP contribution in [0.5, 0.6) is 0 Å². The summed E-state index contributed by atoms with van der Waals surface area (Å²) in [5.74, 6) is 0.392. The molecular formula is C18H20FN5O. The minimum absolute atomic E-state index is 0.264. The third kappa shape index (κ3) is 3.33. The van der Waals surface area contributed by atoms with Crippen LogP contribution in [0.1, 0.15) is 0 Å². The van der Waals surface area contributed by atoms with Crippen LogP contribution in [0.25, 0.3) is 17.0 Å². The average Bonchev–Trinajstić information content (AvgIpc) is 3.02. The number of nitrogens with one attached hydrogen (secondary N) is 1. The van der Waals surface area contributed by atoms with Crippen molar-refractivity contribution in [3.8, 4) is 11.4 Å². The molecule has 1 saturated heterocycles. The van der Waals surface area contributed by atoms with Gasteiger partial charge in [-0.3, -0.25) is 14.3 Å². The molecule has 0 spiro atoms. The van der Waals surface area contributed by atoms with E-state index in [0.717, 1.165) is 50.9 Å². The summed E-state index contributed by atoms with van der Waals surface area (Å²) in [4.78, 5) is 11.1. The van der Waals surface area contributed by atoms with E-state index in [0.29, 0.717) is 5.69 Å². The predicted molar refractivity (Wildman–Crippen MR) is 94.1 cm³/mol. The first-order chi connectivity index (χ1) is 12.3. The largest absolute Gasteiger partial charge is 0.379 e. The third-order valence-electron chi connectivity index (χ3n) is 4.34. The number of pyridine rings is 2. The third-order valence-corrected chi connectivity index (χ3v) is 4.34. The molecule has 4 heterocycles. The predicted octanol–water partition coefficient (Wildman–Crippen LogP) is 2.28. The van der Waals surface area contributed by atoms with E-state index in [9.17, 15) is 4.39 Å². The van der Waals surface area contributed by atoms with E-state index in [1.165, 1.54) is 6.07 Å². The minimum atomic E-state index is -0.373. The van der Waals surface area contributed by atoms with Crippen molar-refractivity contribution < 1.29 is 9.13 Å². The van der Waals surface area contributed by atoms with Crippen LogP contribution >= 0.6 is 0 Å². The lowest BCUT2D eigenvalue weighted by atomic mass is 10.2. The molecule has 0 aliphatic carbocycles. The molecule has 1 N–H and O–H groups in total. The lowest BCUT2D eigenvalue weighted by molar-refractivity contribution is 0.0398. The summed E-state index contributed by atoms with van der Waals surface area (Å²) in [7, 11) is 0. The van der Waals surface area contributed by atoms with E-state index >= 15 is 0 Å². The Bertz CT molecular complexity index is 860. The molecule has 1 aliphatic rings. The van der Waals surface area contributed by atoms with Gasteiger partial charge in [0.2, 0.25) is 0 Å². The normalized spacial score (nSPS) is 15.6. The maximum atomic E-state index is 14.2. The summed E-state index contributed by atoms with van der Waals surface area (Å²) in [5, 5.41) is 3.42. The summed E-state index contributed by atoms with van der Waals surface area (Å²) < 4.78 is 21.5. The van der Waals surface area contributed by atoms with Gasteiger partial charge in [-0.2, -0.15) is 0 Å². The van der Waals surface area contributed by atoms with Crippen molar-refractivity contribution in [2.75, 3.05) is 44.7 Å². The number of ether oxygens (including phenoxy) is 1. The van der Waals surface area contributed by atoms with Crippen LogP contribution in [0.15, 0.2) is 42.7 Å². The fourth-order valence-electron chi connectivity index (χ4n) is 3.05.